The van der Waals surface area contributed by atoms with Gasteiger partial charge in [-0.25, -0.2) is 0 Å². The van der Waals surface area contributed by atoms with E-state index in [0.29, 0.717) is 12.1 Å². The van der Waals surface area contributed by atoms with Crippen molar-refractivity contribution >= 4 is 11.3 Å². The predicted molar refractivity (Wildman–Crippen MR) is 131 cm³/mol. The molecule has 1 fully saturated rings. The van der Waals surface area contributed by atoms with Crippen LogP contribution in [0.4, 0.5) is 0 Å². The molecule has 0 radical (unpaired) electrons. The van der Waals surface area contributed by atoms with Crippen molar-refractivity contribution in [3.63, 3.8) is 0 Å². The Balaban J connectivity index is 1.42. The summed E-state index contributed by atoms with van der Waals surface area (Å²) in [6, 6.07) is 24.7. The molecule has 3 nitrogen and oxygen atoms in total. The third-order valence-electron chi connectivity index (χ3n) is 6.32. The molecule has 1 aliphatic heterocycles. The van der Waals surface area contributed by atoms with E-state index in [0.717, 1.165) is 18.8 Å². The quantitative estimate of drug-likeness (QED) is 0.392. The van der Waals surface area contributed by atoms with Crippen LogP contribution in [0.1, 0.15) is 47.7 Å². The zero-order valence-corrected chi connectivity index (χ0v) is 19.3. The smallest absolute Gasteiger partial charge is 0.123 e. The second-order valence-corrected chi connectivity index (χ2v) is 9.40. The number of unbranched alkanes of at least 4 members (excludes halogenated alkanes) is 1. The molecule has 0 bridgehead atoms. The van der Waals surface area contributed by atoms with Crippen molar-refractivity contribution in [2.24, 2.45) is 0 Å². The van der Waals surface area contributed by atoms with E-state index < -0.39 is 0 Å². The average Bonchev–Trinajstić information content (AvgIpc) is 3.35. The maximum absolute atomic E-state index is 5.56. The highest BCUT2D eigenvalue weighted by molar-refractivity contribution is 7.09. The van der Waals surface area contributed by atoms with Gasteiger partial charge in [-0.2, -0.15) is 0 Å². The van der Waals surface area contributed by atoms with Gasteiger partial charge in [0, 0.05) is 23.0 Å². The minimum Gasteiger partial charge on any atom is -0.496 e. The van der Waals surface area contributed by atoms with E-state index >= 15 is 0 Å². The van der Waals surface area contributed by atoms with Crippen molar-refractivity contribution in [2.45, 2.75) is 50.7 Å². The van der Waals surface area contributed by atoms with Crippen molar-refractivity contribution in [1.29, 1.82) is 0 Å². The molecule has 2 atom stereocenters. The lowest BCUT2D eigenvalue weighted by Crippen LogP contribution is -2.48. The molecule has 1 aromatic heterocycles. The van der Waals surface area contributed by atoms with Gasteiger partial charge in [0.2, 0.25) is 0 Å². The minimum atomic E-state index is 0.423. The molecule has 0 aliphatic carbocycles. The zero-order chi connectivity index (χ0) is 21.3. The highest BCUT2D eigenvalue weighted by Crippen LogP contribution is 2.32. The van der Waals surface area contributed by atoms with Crippen LogP contribution < -0.4 is 10.1 Å². The number of methoxy groups -OCH3 is 1. The fourth-order valence-corrected chi connectivity index (χ4v) is 5.53. The number of thiophene rings is 1. The first-order valence-electron chi connectivity index (χ1n) is 11.5. The van der Waals surface area contributed by atoms with Crippen LogP contribution in [0.3, 0.4) is 0 Å². The van der Waals surface area contributed by atoms with Crippen molar-refractivity contribution < 1.29 is 4.74 Å². The number of piperidine rings is 1. The Kier molecular flexibility index (Phi) is 8.17. The summed E-state index contributed by atoms with van der Waals surface area (Å²) in [5, 5.41) is 6.07. The van der Waals surface area contributed by atoms with E-state index in [1.165, 1.54) is 54.7 Å². The standard InChI is InChI=1S/C27H34N2OS/c1-30-26-17-6-5-13-23(26)21-28-25-16-9-19-29(27(25)22-11-3-2-4-12-22)18-8-7-14-24-15-10-20-31-24/h2-6,10-13,15,17,20,25,27-28H,7-9,14,16,18-19,21H2,1H3/t25-,27-/m1/s1. The fraction of sp³-hybridized carbons (Fsp3) is 0.407. The van der Waals surface area contributed by atoms with Crippen LogP contribution in [-0.4, -0.2) is 31.1 Å². The molecule has 2 heterocycles. The number of nitrogens with one attached hydrogen (secondary N) is 1. The van der Waals surface area contributed by atoms with Gasteiger partial charge in [0.05, 0.1) is 13.2 Å². The molecule has 164 valence electrons. The number of ether oxygens (including phenoxy) is 1. The molecule has 0 saturated carbocycles. The van der Waals surface area contributed by atoms with Gasteiger partial charge >= 0.3 is 0 Å². The van der Waals surface area contributed by atoms with Crippen molar-refractivity contribution in [1.82, 2.24) is 10.2 Å². The van der Waals surface area contributed by atoms with Crippen LogP contribution >= 0.6 is 11.3 Å². The Hall–Kier alpha value is -2.14. The number of benzene rings is 2. The van der Waals surface area contributed by atoms with E-state index in [2.05, 4.69) is 70.2 Å². The van der Waals surface area contributed by atoms with Crippen molar-refractivity contribution in [2.75, 3.05) is 20.2 Å². The molecular weight excluding hydrogens is 400 g/mol. The summed E-state index contributed by atoms with van der Waals surface area (Å²) in [6.07, 6.45) is 6.17. The van der Waals surface area contributed by atoms with Crippen molar-refractivity contribution in [3.05, 3.63) is 88.1 Å². The molecule has 4 rings (SSSR count). The maximum atomic E-state index is 5.56. The van der Waals surface area contributed by atoms with E-state index in [1.54, 1.807) is 7.11 Å². The van der Waals surface area contributed by atoms with Crippen LogP contribution in [-0.2, 0) is 13.0 Å². The van der Waals surface area contributed by atoms with Crippen LogP contribution in [0.2, 0.25) is 0 Å². The first-order valence-corrected chi connectivity index (χ1v) is 12.4. The van der Waals surface area contributed by atoms with Crippen LogP contribution in [0.5, 0.6) is 5.75 Å². The first-order chi connectivity index (χ1) is 15.3. The molecule has 31 heavy (non-hydrogen) atoms. The lowest BCUT2D eigenvalue weighted by atomic mass is 9.89. The number of para-hydroxylation sites is 1. The Morgan fingerprint density at radius 1 is 1.00 bits per heavy atom. The Bertz CT molecular complexity index is 897. The summed E-state index contributed by atoms with van der Waals surface area (Å²) < 4.78 is 5.56. The number of rotatable bonds is 10. The van der Waals surface area contributed by atoms with E-state index in [4.69, 9.17) is 4.74 Å². The van der Waals surface area contributed by atoms with Gasteiger partial charge in [0.25, 0.3) is 0 Å². The fourth-order valence-electron chi connectivity index (χ4n) is 4.78. The number of aryl methyl sites for hydroxylation is 1. The Morgan fingerprint density at radius 3 is 2.65 bits per heavy atom. The van der Waals surface area contributed by atoms with Gasteiger partial charge in [-0.1, -0.05) is 54.6 Å². The average molecular weight is 435 g/mol. The molecule has 1 aliphatic rings. The summed E-state index contributed by atoms with van der Waals surface area (Å²) in [5.41, 5.74) is 2.66. The summed E-state index contributed by atoms with van der Waals surface area (Å²) in [6.45, 7) is 3.19. The SMILES string of the molecule is COc1ccccc1CN[C@@H]1CCCN(CCCCc2cccs2)[C@@H]1c1ccccc1. The maximum Gasteiger partial charge on any atom is 0.123 e. The predicted octanol–water partition coefficient (Wildman–Crippen LogP) is 6.07. The molecule has 1 N–H and O–H groups in total. The monoisotopic (exact) mass is 434 g/mol. The number of hydrogen-bond donors (Lipinski definition) is 1. The lowest BCUT2D eigenvalue weighted by Gasteiger charge is -2.42. The molecular formula is C27H34N2OS. The molecule has 3 aromatic rings. The molecule has 2 aromatic carbocycles. The molecule has 0 amide bonds. The summed E-state index contributed by atoms with van der Waals surface area (Å²) in [5.74, 6) is 0.965. The molecule has 4 heteroatoms. The molecule has 1 saturated heterocycles. The van der Waals surface area contributed by atoms with Gasteiger partial charge in [0.15, 0.2) is 0 Å². The summed E-state index contributed by atoms with van der Waals surface area (Å²) in [7, 11) is 1.75. The Morgan fingerprint density at radius 2 is 1.84 bits per heavy atom. The second-order valence-electron chi connectivity index (χ2n) is 8.37. The number of hydrogen-bond acceptors (Lipinski definition) is 4. The van der Waals surface area contributed by atoms with Crippen LogP contribution in [0.25, 0.3) is 0 Å². The number of likely N-dealkylation sites (tertiary alicyclic amines) is 1. The zero-order valence-electron chi connectivity index (χ0n) is 18.5. The topological polar surface area (TPSA) is 24.5 Å². The Labute approximate surface area is 191 Å². The third-order valence-corrected chi connectivity index (χ3v) is 7.26. The van der Waals surface area contributed by atoms with E-state index in [9.17, 15) is 0 Å². The summed E-state index contributed by atoms with van der Waals surface area (Å²) >= 11 is 1.88. The highest BCUT2D eigenvalue weighted by atomic mass is 32.1. The number of nitrogens with zero attached hydrogens (tertiary/aromatic N) is 1. The second kappa shape index (κ2) is 11.5. The lowest BCUT2D eigenvalue weighted by molar-refractivity contribution is 0.109. The largest absolute Gasteiger partial charge is 0.496 e. The van der Waals surface area contributed by atoms with Gasteiger partial charge in [0.1, 0.15) is 5.75 Å². The summed E-state index contributed by atoms with van der Waals surface area (Å²) in [4.78, 5) is 4.22. The molecule has 0 unspecified atom stereocenters. The van der Waals surface area contributed by atoms with Gasteiger partial charge in [-0.3, -0.25) is 4.90 Å². The van der Waals surface area contributed by atoms with Gasteiger partial charge in [-0.05, 0) is 68.3 Å². The normalized spacial score (nSPS) is 19.4. The van der Waals surface area contributed by atoms with Gasteiger partial charge < -0.3 is 10.1 Å². The van der Waals surface area contributed by atoms with Crippen LogP contribution in [0, 0.1) is 0 Å². The molecule has 0 spiro atoms. The minimum absolute atomic E-state index is 0.423. The highest BCUT2D eigenvalue weighted by Gasteiger charge is 2.32. The first kappa shape index (κ1) is 22.1. The van der Waals surface area contributed by atoms with E-state index in [1.807, 2.05) is 23.5 Å². The third kappa shape index (κ3) is 5.97. The van der Waals surface area contributed by atoms with Gasteiger partial charge in [-0.15, -0.1) is 11.3 Å². The van der Waals surface area contributed by atoms with Crippen LogP contribution in [0.15, 0.2) is 72.1 Å². The van der Waals surface area contributed by atoms with E-state index in [-0.39, 0.29) is 0 Å². The van der Waals surface area contributed by atoms with Crippen molar-refractivity contribution in [3.8, 4) is 5.75 Å².